The van der Waals surface area contributed by atoms with Gasteiger partial charge >= 0.3 is 23.1 Å². The number of ether oxygens (including phenoxy) is 2. The molecule has 326 valence electrons. The summed E-state index contributed by atoms with van der Waals surface area (Å²) in [6, 6.07) is 19.3. The molecular weight excluding hydrogens is 836 g/mol. The Morgan fingerprint density at radius 3 is 1.37 bits per heavy atom. The number of rotatable bonds is 14. The fourth-order valence-corrected chi connectivity index (χ4v) is 6.24. The van der Waals surface area contributed by atoms with E-state index in [1.807, 2.05) is 26.0 Å². The Morgan fingerprint density at radius 1 is 0.619 bits per heavy atom. The smallest absolute Gasteiger partial charge is 0.340 e. The first-order chi connectivity index (χ1) is 30.3. The summed E-state index contributed by atoms with van der Waals surface area (Å²) < 4.78 is 14.2. The van der Waals surface area contributed by atoms with Crippen molar-refractivity contribution in [3.63, 3.8) is 0 Å². The van der Waals surface area contributed by atoms with Crippen molar-refractivity contribution in [3.8, 4) is 23.1 Å². The summed E-state index contributed by atoms with van der Waals surface area (Å²) in [4.78, 5) is 57.2. The van der Waals surface area contributed by atoms with Crippen LogP contribution in [-0.2, 0) is 9.47 Å². The van der Waals surface area contributed by atoms with Crippen LogP contribution in [0.5, 0.6) is 11.8 Å². The van der Waals surface area contributed by atoms with Crippen molar-refractivity contribution in [2.45, 2.75) is 27.7 Å². The van der Waals surface area contributed by atoms with E-state index in [0.29, 0.717) is 11.1 Å². The fraction of sp³-hybridized carbons (Fsp3) is 0.227. The van der Waals surface area contributed by atoms with E-state index in [2.05, 4.69) is 42.0 Å². The molecule has 0 radical (unpaired) electrons. The summed E-state index contributed by atoms with van der Waals surface area (Å²) in [5.74, 6) is -2.90. The number of azo groups is 2. The van der Waals surface area contributed by atoms with Crippen molar-refractivity contribution in [2.75, 3.05) is 32.8 Å². The number of hydrogen-bond acceptors (Lipinski definition) is 14. The maximum atomic E-state index is 13.4. The Morgan fingerprint density at radius 2 is 1.00 bits per heavy atom. The average molecular weight is 881 g/mol. The van der Waals surface area contributed by atoms with Crippen molar-refractivity contribution < 1.29 is 48.6 Å². The maximum absolute atomic E-state index is 13.4. The third kappa shape index (κ3) is 10.7. The van der Waals surface area contributed by atoms with Gasteiger partial charge in [-0.25, -0.2) is 9.59 Å². The van der Waals surface area contributed by atoms with E-state index < -0.39 is 66.7 Å². The van der Waals surface area contributed by atoms with Gasteiger partial charge in [0.25, 0.3) is 11.4 Å². The number of esters is 2. The number of aryl methyl sites for hydroxylation is 2. The molecule has 2 aromatic carbocycles. The third-order valence-corrected chi connectivity index (χ3v) is 9.63. The van der Waals surface area contributed by atoms with Gasteiger partial charge in [0.15, 0.2) is 36.2 Å². The number of aliphatic hydroxyl groups excluding tert-OH is 2. The zero-order valence-electron chi connectivity index (χ0n) is 34.9. The molecule has 0 aliphatic heterocycles. The Kier molecular flexibility index (Phi) is 15.5. The predicted octanol–water partition coefficient (Wildman–Crippen LogP) is 5.93. The van der Waals surface area contributed by atoms with Crippen LogP contribution in [0.15, 0.2) is 128 Å². The van der Waals surface area contributed by atoms with Crippen LogP contribution in [0.3, 0.4) is 0 Å². The van der Waals surface area contributed by atoms with E-state index in [9.17, 15) is 39.6 Å². The number of benzene rings is 2. The third-order valence-electron chi connectivity index (χ3n) is 9.63. The maximum Gasteiger partial charge on any atom is 0.340 e. The average Bonchev–Trinajstić information content (AvgIpc) is 3.27. The van der Waals surface area contributed by atoms with E-state index in [-0.39, 0.29) is 45.3 Å². The van der Waals surface area contributed by atoms with Gasteiger partial charge in [0.05, 0.1) is 40.9 Å². The van der Waals surface area contributed by atoms with Crippen LogP contribution >= 0.6 is 11.6 Å². The molecule has 6 rings (SSSR count). The van der Waals surface area contributed by atoms with Gasteiger partial charge in [-0.2, -0.15) is 9.13 Å². The van der Waals surface area contributed by atoms with Crippen molar-refractivity contribution in [3.05, 3.63) is 152 Å². The van der Waals surface area contributed by atoms with Crippen LogP contribution in [-0.4, -0.2) is 75.1 Å². The molecule has 0 saturated carbocycles. The molecule has 0 saturated heterocycles. The SMILES string of the molecule is CCl.Cc1ccc[n+](-c2c(C)c(N=Nc3ccccc3C(=O)OCC(CO)(CO)COC(=O)c3ccccc3N=Nc3c(O)[nH]c(=O)c(-[n+]4cccc(C)c4)c3C)c(O)[nH]c2=O)c1. The van der Waals surface area contributed by atoms with E-state index in [4.69, 9.17) is 9.47 Å². The molecule has 0 spiro atoms. The molecule has 6 aromatic rings. The van der Waals surface area contributed by atoms with Crippen LogP contribution in [0.25, 0.3) is 11.4 Å². The van der Waals surface area contributed by atoms with Gasteiger partial charge < -0.3 is 29.9 Å². The van der Waals surface area contributed by atoms with Crippen LogP contribution in [0, 0.1) is 33.1 Å². The number of aromatic hydroxyl groups is 2. The lowest BCUT2D eigenvalue weighted by atomic mass is 9.92. The van der Waals surface area contributed by atoms with Crippen LogP contribution in [0.1, 0.15) is 43.0 Å². The summed E-state index contributed by atoms with van der Waals surface area (Å²) in [7, 11) is 0. The molecule has 6 N–H and O–H groups in total. The standard InChI is InChI=1S/C43H40N8O10.CH3Cl/c1-25-11-9-17-50(19-25)35-27(3)33(37(54)44-39(35)56)48-46-31-15-7-5-13-29(31)41(58)60-23-43(21-52,22-53)24-61-42(59)30-14-6-8-16-32(30)47-49-34-28(4)36(40(57)45-38(34)55)51-18-10-12-26(2)20-51;1-2/h5-20,52-53H,21-24H2,1-4H3,(H2-2,44,45,46,47,54,55,56,57,58,59);1H3/p+2. The topological polar surface area (TPSA) is 256 Å². The number of nitrogens with zero attached hydrogens (tertiary/aromatic N) is 6. The lowest BCUT2D eigenvalue weighted by molar-refractivity contribution is -0.597. The number of H-pyrrole nitrogens is 2. The molecule has 4 aromatic heterocycles. The van der Waals surface area contributed by atoms with Gasteiger partial charge in [-0.15, -0.1) is 32.1 Å². The van der Waals surface area contributed by atoms with Gasteiger partial charge in [0.1, 0.15) is 24.6 Å². The normalized spacial score (nSPS) is 11.4. The largest absolute Gasteiger partial charge is 0.493 e. The minimum atomic E-state index is -1.65. The number of hydrogen-bond donors (Lipinski definition) is 6. The molecule has 0 aliphatic carbocycles. The highest BCUT2D eigenvalue weighted by molar-refractivity contribution is 6.15. The molecule has 0 atom stereocenters. The van der Waals surface area contributed by atoms with Crippen LogP contribution < -0.4 is 20.3 Å². The van der Waals surface area contributed by atoms with Crippen LogP contribution in [0.4, 0.5) is 22.7 Å². The first kappa shape index (κ1) is 46.7. The molecule has 0 aliphatic rings. The van der Waals surface area contributed by atoms with E-state index >= 15 is 0 Å². The lowest BCUT2D eigenvalue weighted by Gasteiger charge is -2.28. The summed E-state index contributed by atoms with van der Waals surface area (Å²) in [6.45, 7) is 4.20. The number of pyridine rings is 4. The highest BCUT2D eigenvalue weighted by atomic mass is 35.5. The molecule has 63 heavy (non-hydrogen) atoms. The summed E-state index contributed by atoms with van der Waals surface area (Å²) >= 11 is 4.64. The monoisotopic (exact) mass is 880 g/mol. The number of aromatic nitrogens is 4. The molecule has 18 nitrogen and oxygen atoms in total. The Balaban J connectivity index is 0.00000369. The summed E-state index contributed by atoms with van der Waals surface area (Å²) in [5, 5.41) is 58.5. The van der Waals surface area contributed by atoms with Crippen molar-refractivity contribution >= 4 is 46.3 Å². The number of halogens is 1. The zero-order valence-corrected chi connectivity index (χ0v) is 35.6. The predicted molar refractivity (Wildman–Crippen MR) is 230 cm³/mol. The summed E-state index contributed by atoms with van der Waals surface area (Å²) in [5.41, 5.74) is -0.119. The Hall–Kier alpha value is -7.41. The Bertz CT molecular complexity index is 2630. The highest BCUT2D eigenvalue weighted by Crippen LogP contribution is 2.33. The first-order valence-electron chi connectivity index (χ1n) is 19.1. The van der Waals surface area contributed by atoms with E-state index in [0.717, 1.165) is 11.1 Å². The molecule has 0 bridgehead atoms. The van der Waals surface area contributed by atoms with Crippen molar-refractivity contribution in [2.24, 2.45) is 25.9 Å². The molecule has 4 heterocycles. The van der Waals surface area contributed by atoms with Gasteiger partial charge in [0, 0.05) is 29.6 Å². The van der Waals surface area contributed by atoms with Crippen molar-refractivity contribution in [1.82, 2.24) is 9.97 Å². The second kappa shape index (κ2) is 20.9. The molecule has 19 heteroatoms. The number of alkyl halides is 1. The molecule has 0 unspecified atom stereocenters. The van der Waals surface area contributed by atoms with Gasteiger partial charge in [-0.3, -0.25) is 19.6 Å². The minimum Gasteiger partial charge on any atom is -0.493 e. The van der Waals surface area contributed by atoms with Gasteiger partial charge in [0.2, 0.25) is 11.8 Å². The number of carbonyl (C=O) groups excluding carboxylic acids is 2. The second-order valence-electron chi connectivity index (χ2n) is 14.2. The molecule has 0 amide bonds. The van der Waals surface area contributed by atoms with Crippen LogP contribution in [0.2, 0.25) is 0 Å². The second-order valence-corrected chi connectivity index (χ2v) is 14.2. The molecule has 0 fully saturated rings. The Labute approximate surface area is 365 Å². The minimum absolute atomic E-state index is 0.0357. The number of nitrogens with one attached hydrogen (secondary N) is 2. The number of carbonyl (C=O) groups is 2. The summed E-state index contributed by atoms with van der Waals surface area (Å²) in [6.07, 6.45) is 8.29. The quantitative estimate of drug-likeness (QED) is 0.0325. The highest BCUT2D eigenvalue weighted by Gasteiger charge is 2.34. The van der Waals surface area contributed by atoms with Crippen molar-refractivity contribution in [1.29, 1.82) is 0 Å². The number of aliphatic hydroxyl groups is 2. The van der Waals surface area contributed by atoms with E-state index in [1.165, 1.54) is 30.6 Å². The zero-order chi connectivity index (χ0) is 45.8. The lowest BCUT2D eigenvalue weighted by Crippen LogP contribution is -2.41. The molecular formula is C44H45ClN8O10+2. The van der Waals surface area contributed by atoms with Gasteiger partial charge in [-0.1, -0.05) is 24.3 Å². The number of aromatic amines is 2. The van der Waals surface area contributed by atoms with E-state index in [1.54, 1.807) is 84.2 Å². The first-order valence-corrected chi connectivity index (χ1v) is 19.8. The van der Waals surface area contributed by atoms with Gasteiger partial charge in [-0.05, 0) is 64.1 Å². The fourth-order valence-electron chi connectivity index (χ4n) is 6.24.